The Labute approximate surface area is 215 Å². The second kappa shape index (κ2) is 10.8. The van der Waals surface area contributed by atoms with E-state index in [1.165, 1.54) is 26.5 Å². The van der Waals surface area contributed by atoms with Gasteiger partial charge in [-0.1, -0.05) is 19.3 Å². The molecule has 1 saturated carbocycles. The number of aryl methyl sites for hydroxylation is 1. The summed E-state index contributed by atoms with van der Waals surface area (Å²) in [6.45, 7) is 5.23. The number of amides is 1. The SMILES string of the molecule is Cc1cc(N)ccc1NC(=O)c1cc(F)c(-n2nc(C(C)O)n(C)c2=O)cc1OC(C)C1CCCCC1. The lowest BCUT2D eigenvalue weighted by Crippen LogP contribution is -2.27. The average Bonchev–Trinajstić information content (AvgIpc) is 3.16. The summed E-state index contributed by atoms with van der Waals surface area (Å²) in [6.07, 6.45) is 4.18. The van der Waals surface area contributed by atoms with Crippen molar-refractivity contribution in [1.82, 2.24) is 14.3 Å². The Hall–Kier alpha value is -3.66. The molecule has 2 unspecified atom stereocenters. The third-order valence-electron chi connectivity index (χ3n) is 7.03. The Bertz CT molecular complexity index is 1360. The largest absolute Gasteiger partial charge is 0.490 e. The highest BCUT2D eigenvalue weighted by atomic mass is 19.1. The maximum atomic E-state index is 15.4. The number of halogens is 1. The predicted molar refractivity (Wildman–Crippen MR) is 140 cm³/mol. The smallest absolute Gasteiger partial charge is 0.350 e. The van der Waals surface area contributed by atoms with Crippen LogP contribution in [0.3, 0.4) is 0 Å². The summed E-state index contributed by atoms with van der Waals surface area (Å²) in [5.41, 5.74) is 6.88. The number of aliphatic hydroxyl groups is 1. The van der Waals surface area contributed by atoms with E-state index in [-0.39, 0.29) is 28.9 Å². The van der Waals surface area contributed by atoms with E-state index < -0.39 is 23.5 Å². The number of aromatic nitrogens is 3. The van der Waals surface area contributed by atoms with Crippen molar-refractivity contribution in [2.75, 3.05) is 11.1 Å². The average molecular weight is 512 g/mol. The van der Waals surface area contributed by atoms with Gasteiger partial charge in [-0.2, -0.15) is 4.68 Å². The van der Waals surface area contributed by atoms with Crippen LogP contribution in [0.4, 0.5) is 15.8 Å². The fraction of sp³-hybridized carbons (Fsp3) is 0.444. The summed E-state index contributed by atoms with van der Waals surface area (Å²) >= 11 is 0. The Kier molecular flexibility index (Phi) is 7.68. The molecule has 4 rings (SSSR count). The van der Waals surface area contributed by atoms with Crippen molar-refractivity contribution >= 4 is 17.3 Å². The minimum absolute atomic E-state index is 0.000126. The molecule has 3 aromatic rings. The van der Waals surface area contributed by atoms with E-state index in [1.807, 2.05) is 13.8 Å². The first-order valence-electron chi connectivity index (χ1n) is 12.6. The van der Waals surface area contributed by atoms with Crippen LogP contribution in [-0.4, -0.2) is 31.5 Å². The molecule has 1 fully saturated rings. The molecule has 198 valence electrons. The van der Waals surface area contributed by atoms with E-state index in [0.717, 1.165) is 46.6 Å². The number of benzene rings is 2. The van der Waals surface area contributed by atoms with Crippen LogP contribution in [0.25, 0.3) is 5.69 Å². The molecule has 37 heavy (non-hydrogen) atoms. The predicted octanol–water partition coefficient (Wildman–Crippen LogP) is 4.25. The second-order valence-corrected chi connectivity index (χ2v) is 9.84. The molecule has 0 radical (unpaired) electrons. The van der Waals surface area contributed by atoms with Crippen molar-refractivity contribution in [1.29, 1.82) is 0 Å². The van der Waals surface area contributed by atoms with Gasteiger partial charge in [0, 0.05) is 24.5 Å². The normalized spacial score (nSPS) is 15.8. The molecule has 0 spiro atoms. The monoisotopic (exact) mass is 511 g/mol. The number of carbonyl (C=O) groups is 1. The van der Waals surface area contributed by atoms with Crippen LogP contribution in [0.1, 0.15) is 73.8 Å². The lowest BCUT2D eigenvalue weighted by atomic mass is 9.86. The van der Waals surface area contributed by atoms with E-state index >= 15 is 4.39 Å². The lowest BCUT2D eigenvalue weighted by Gasteiger charge is -2.29. The van der Waals surface area contributed by atoms with Gasteiger partial charge >= 0.3 is 5.69 Å². The van der Waals surface area contributed by atoms with Crippen LogP contribution >= 0.6 is 0 Å². The number of carbonyl (C=O) groups excluding carboxylic acids is 1. The molecule has 1 aliphatic rings. The highest BCUT2D eigenvalue weighted by Crippen LogP contribution is 2.32. The summed E-state index contributed by atoms with van der Waals surface area (Å²) in [5.74, 6) is -0.840. The van der Waals surface area contributed by atoms with Crippen molar-refractivity contribution < 1.29 is 19.0 Å². The number of anilines is 2. The van der Waals surface area contributed by atoms with Crippen molar-refractivity contribution in [3.05, 3.63) is 63.6 Å². The van der Waals surface area contributed by atoms with Gasteiger partial charge in [0.15, 0.2) is 5.82 Å². The van der Waals surface area contributed by atoms with Crippen LogP contribution in [0, 0.1) is 18.7 Å². The Morgan fingerprint density at radius 3 is 2.54 bits per heavy atom. The Morgan fingerprint density at radius 2 is 1.92 bits per heavy atom. The number of nitrogens with zero attached hydrogens (tertiary/aromatic N) is 3. The standard InChI is InChI=1S/C27H34FN5O4/c1-15-12-19(29)10-11-22(15)30-26(35)20-13-21(28)23(33-27(36)32(4)25(31-33)16(2)34)14-24(20)37-17(3)18-8-6-5-7-9-18/h10-14,16-18,34H,5-9,29H2,1-4H3,(H,30,35). The highest BCUT2D eigenvalue weighted by molar-refractivity contribution is 6.06. The van der Waals surface area contributed by atoms with Crippen LogP contribution in [-0.2, 0) is 7.05 Å². The first-order valence-corrected chi connectivity index (χ1v) is 12.6. The Morgan fingerprint density at radius 1 is 1.22 bits per heavy atom. The molecule has 0 bridgehead atoms. The molecule has 1 aliphatic carbocycles. The zero-order chi connectivity index (χ0) is 26.9. The molecule has 0 aliphatic heterocycles. The van der Waals surface area contributed by atoms with Gasteiger partial charge in [0.1, 0.15) is 23.4 Å². The maximum absolute atomic E-state index is 15.4. The minimum Gasteiger partial charge on any atom is -0.490 e. The zero-order valence-corrected chi connectivity index (χ0v) is 21.6. The number of aliphatic hydroxyl groups excluding tert-OH is 1. The third kappa shape index (κ3) is 5.53. The molecule has 2 atom stereocenters. The number of nitrogen functional groups attached to an aromatic ring is 1. The van der Waals surface area contributed by atoms with Gasteiger partial charge in [-0.3, -0.25) is 9.36 Å². The number of nitrogens with one attached hydrogen (secondary N) is 1. The van der Waals surface area contributed by atoms with Crippen LogP contribution in [0.5, 0.6) is 5.75 Å². The van der Waals surface area contributed by atoms with Crippen LogP contribution in [0.15, 0.2) is 35.1 Å². The lowest BCUT2D eigenvalue weighted by molar-refractivity contribution is 0.0997. The van der Waals surface area contributed by atoms with E-state index in [0.29, 0.717) is 17.3 Å². The topological polar surface area (TPSA) is 124 Å². The molecular formula is C27H34FN5O4. The van der Waals surface area contributed by atoms with Gasteiger partial charge in [-0.05, 0) is 69.4 Å². The molecular weight excluding hydrogens is 477 g/mol. The zero-order valence-electron chi connectivity index (χ0n) is 21.6. The molecule has 2 aromatic carbocycles. The number of hydrogen-bond acceptors (Lipinski definition) is 6. The van der Waals surface area contributed by atoms with Gasteiger partial charge in [0.25, 0.3) is 5.91 Å². The number of hydrogen-bond donors (Lipinski definition) is 3. The molecule has 1 heterocycles. The van der Waals surface area contributed by atoms with E-state index in [1.54, 1.807) is 18.2 Å². The van der Waals surface area contributed by atoms with Crippen molar-refractivity contribution in [3.63, 3.8) is 0 Å². The first-order chi connectivity index (χ1) is 17.6. The quantitative estimate of drug-likeness (QED) is 0.407. The van der Waals surface area contributed by atoms with Gasteiger partial charge in [-0.25, -0.2) is 9.18 Å². The summed E-state index contributed by atoms with van der Waals surface area (Å²) in [4.78, 5) is 26.1. The molecule has 0 saturated heterocycles. The van der Waals surface area contributed by atoms with Crippen LogP contribution < -0.4 is 21.5 Å². The van der Waals surface area contributed by atoms with Crippen molar-refractivity contribution in [2.45, 2.75) is 65.1 Å². The number of rotatable bonds is 7. The van der Waals surface area contributed by atoms with E-state index in [2.05, 4.69) is 10.4 Å². The molecule has 10 heteroatoms. The third-order valence-corrected chi connectivity index (χ3v) is 7.03. The van der Waals surface area contributed by atoms with E-state index in [9.17, 15) is 14.7 Å². The summed E-state index contributed by atoms with van der Waals surface area (Å²) in [7, 11) is 1.45. The fourth-order valence-corrected chi connectivity index (χ4v) is 4.87. The van der Waals surface area contributed by atoms with Crippen molar-refractivity contribution in [2.24, 2.45) is 13.0 Å². The van der Waals surface area contributed by atoms with Crippen molar-refractivity contribution in [3.8, 4) is 11.4 Å². The Balaban J connectivity index is 1.76. The fourth-order valence-electron chi connectivity index (χ4n) is 4.87. The second-order valence-electron chi connectivity index (χ2n) is 9.84. The number of nitrogens with two attached hydrogens (primary N) is 1. The molecule has 1 amide bonds. The molecule has 1 aromatic heterocycles. The maximum Gasteiger partial charge on any atom is 0.350 e. The highest BCUT2D eigenvalue weighted by Gasteiger charge is 2.26. The van der Waals surface area contributed by atoms with E-state index in [4.69, 9.17) is 10.5 Å². The first kappa shape index (κ1) is 26.4. The van der Waals surface area contributed by atoms with Gasteiger partial charge in [0.2, 0.25) is 0 Å². The molecule has 9 nitrogen and oxygen atoms in total. The van der Waals surface area contributed by atoms with Crippen LogP contribution in [0.2, 0.25) is 0 Å². The summed E-state index contributed by atoms with van der Waals surface area (Å²) in [5, 5.41) is 16.9. The minimum atomic E-state index is -1.03. The number of ether oxygens (including phenoxy) is 1. The van der Waals surface area contributed by atoms with Gasteiger partial charge in [0.05, 0.1) is 11.7 Å². The summed E-state index contributed by atoms with van der Waals surface area (Å²) < 4.78 is 23.8. The van der Waals surface area contributed by atoms with Gasteiger partial charge in [-0.15, -0.1) is 5.10 Å². The van der Waals surface area contributed by atoms with Gasteiger partial charge < -0.3 is 20.9 Å². The summed E-state index contributed by atoms with van der Waals surface area (Å²) in [6, 6.07) is 7.48. The molecule has 4 N–H and O–H groups in total.